The van der Waals surface area contributed by atoms with Crippen molar-refractivity contribution in [3.05, 3.63) is 18.2 Å². The summed E-state index contributed by atoms with van der Waals surface area (Å²) in [6, 6.07) is 0. The molecule has 0 N–H and O–H groups in total. The zero-order chi connectivity index (χ0) is 18.9. The summed E-state index contributed by atoms with van der Waals surface area (Å²) in [5, 5.41) is 0. The van der Waals surface area contributed by atoms with Gasteiger partial charge in [0.2, 0.25) is 0 Å². The number of unbranched alkanes of at least 4 members (excludes halogenated alkanes) is 13. The fourth-order valence-electron chi connectivity index (χ4n) is 3.97. The molecule has 0 unspecified atom stereocenters. The van der Waals surface area contributed by atoms with E-state index in [1.165, 1.54) is 115 Å². The van der Waals surface area contributed by atoms with E-state index in [4.69, 9.17) is 0 Å². The van der Waals surface area contributed by atoms with Gasteiger partial charge in [-0.3, -0.25) is 0 Å². The Morgan fingerprint density at radius 1 is 0.654 bits per heavy atom. The minimum absolute atomic E-state index is 1.15. The SMILES string of the molecule is CCCCCCCCCCCCn1cc[n+](CCCCCCC)c1CC. The molecule has 1 rings (SSSR count). The second-order valence-electron chi connectivity index (χ2n) is 8.05. The number of aryl methyl sites for hydroxylation is 2. The normalized spacial score (nSPS) is 11.3. The van der Waals surface area contributed by atoms with Gasteiger partial charge in [-0.1, -0.05) is 91.4 Å². The predicted molar refractivity (Wildman–Crippen MR) is 115 cm³/mol. The molecule has 0 aromatic carbocycles. The molecule has 0 bridgehead atoms. The average molecular weight is 364 g/mol. The topological polar surface area (TPSA) is 8.81 Å². The van der Waals surface area contributed by atoms with Gasteiger partial charge >= 0.3 is 0 Å². The smallest absolute Gasteiger partial charge is 0.234 e. The summed E-state index contributed by atoms with van der Waals surface area (Å²) >= 11 is 0. The largest absolute Gasteiger partial charge is 0.256 e. The van der Waals surface area contributed by atoms with Crippen LogP contribution in [0.1, 0.15) is 123 Å². The summed E-state index contributed by atoms with van der Waals surface area (Å²) in [5.41, 5.74) is 0. The Balaban J connectivity index is 2.12. The highest BCUT2D eigenvalue weighted by Gasteiger charge is 2.14. The molecule has 0 fully saturated rings. The third-order valence-corrected chi connectivity index (χ3v) is 5.66. The van der Waals surface area contributed by atoms with Crippen LogP contribution in [0.4, 0.5) is 0 Å². The molecule has 2 nitrogen and oxygen atoms in total. The number of imidazole rings is 1. The maximum absolute atomic E-state index is 2.51. The average Bonchev–Trinajstić information content (AvgIpc) is 3.05. The van der Waals surface area contributed by atoms with Gasteiger partial charge in [0.15, 0.2) is 0 Å². The van der Waals surface area contributed by atoms with Crippen LogP contribution in [0.2, 0.25) is 0 Å². The molecule has 2 heteroatoms. The Hall–Kier alpha value is -0.790. The molecule has 0 aliphatic rings. The van der Waals surface area contributed by atoms with Crippen molar-refractivity contribution in [1.29, 1.82) is 0 Å². The van der Waals surface area contributed by atoms with E-state index in [0.29, 0.717) is 0 Å². The maximum atomic E-state index is 2.51. The zero-order valence-electron chi connectivity index (χ0n) is 18.3. The molecule has 26 heavy (non-hydrogen) atoms. The second-order valence-corrected chi connectivity index (χ2v) is 8.05. The van der Waals surface area contributed by atoms with Crippen LogP contribution in [-0.2, 0) is 19.5 Å². The first-order chi connectivity index (χ1) is 12.8. The molecule has 1 heterocycles. The van der Waals surface area contributed by atoms with Crippen molar-refractivity contribution >= 4 is 0 Å². The van der Waals surface area contributed by atoms with Gasteiger partial charge in [0.05, 0.1) is 13.1 Å². The van der Waals surface area contributed by atoms with Gasteiger partial charge in [0.1, 0.15) is 12.4 Å². The Morgan fingerprint density at radius 3 is 1.69 bits per heavy atom. The number of aromatic nitrogens is 2. The van der Waals surface area contributed by atoms with Gasteiger partial charge in [0, 0.05) is 6.42 Å². The molecule has 0 aliphatic heterocycles. The quantitative estimate of drug-likeness (QED) is 0.192. The first-order valence-corrected chi connectivity index (χ1v) is 11.9. The lowest BCUT2D eigenvalue weighted by Gasteiger charge is -2.05. The van der Waals surface area contributed by atoms with Crippen LogP contribution in [0, 0.1) is 0 Å². The van der Waals surface area contributed by atoms with Crippen molar-refractivity contribution in [2.24, 2.45) is 0 Å². The summed E-state index contributed by atoms with van der Waals surface area (Å²) in [6.07, 6.45) is 26.8. The summed E-state index contributed by atoms with van der Waals surface area (Å²) in [5.74, 6) is 1.52. The van der Waals surface area contributed by atoms with E-state index >= 15 is 0 Å². The third kappa shape index (κ3) is 10.4. The van der Waals surface area contributed by atoms with Crippen molar-refractivity contribution < 1.29 is 4.57 Å². The van der Waals surface area contributed by atoms with Crippen molar-refractivity contribution in [2.45, 2.75) is 137 Å². The van der Waals surface area contributed by atoms with Gasteiger partial charge in [-0.15, -0.1) is 0 Å². The number of rotatable bonds is 18. The minimum Gasteiger partial charge on any atom is -0.234 e. The molecule has 0 atom stereocenters. The van der Waals surface area contributed by atoms with Crippen LogP contribution in [0.15, 0.2) is 12.4 Å². The van der Waals surface area contributed by atoms with E-state index in [9.17, 15) is 0 Å². The van der Waals surface area contributed by atoms with Crippen LogP contribution in [-0.4, -0.2) is 4.57 Å². The predicted octanol–water partition coefficient (Wildman–Crippen LogP) is 7.23. The van der Waals surface area contributed by atoms with Crippen LogP contribution >= 0.6 is 0 Å². The van der Waals surface area contributed by atoms with Gasteiger partial charge in [-0.2, -0.15) is 0 Å². The molecular formula is C24H47N2+. The van der Waals surface area contributed by atoms with Gasteiger partial charge in [-0.05, 0) is 25.7 Å². The molecule has 1 aromatic rings. The third-order valence-electron chi connectivity index (χ3n) is 5.66. The van der Waals surface area contributed by atoms with Crippen LogP contribution in [0.3, 0.4) is 0 Å². The molecule has 1 aromatic heterocycles. The summed E-state index contributed by atoms with van der Waals surface area (Å²) in [7, 11) is 0. The summed E-state index contributed by atoms with van der Waals surface area (Å²) in [4.78, 5) is 0. The number of hydrogen-bond donors (Lipinski definition) is 0. The van der Waals surface area contributed by atoms with Crippen molar-refractivity contribution in [3.8, 4) is 0 Å². The van der Waals surface area contributed by atoms with E-state index < -0.39 is 0 Å². The highest BCUT2D eigenvalue weighted by atomic mass is 15.1. The molecule has 0 radical (unpaired) electrons. The Morgan fingerprint density at radius 2 is 1.15 bits per heavy atom. The Labute approximate surface area is 164 Å². The van der Waals surface area contributed by atoms with Crippen molar-refractivity contribution in [1.82, 2.24) is 4.57 Å². The highest BCUT2D eigenvalue weighted by Crippen LogP contribution is 2.11. The fourth-order valence-corrected chi connectivity index (χ4v) is 3.97. The van der Waals surface area contributed by atoms with Gasteiger partial charge < -0.3 is 0 Å². The molecule has 152 valence electrons. The number of nitrogens with zero attached hydrogens (tertiary/aromatic N) is 2. The Kier molecular flexibility index (Phi) is 14.7. The lowest BCUT2D eigenvalue weighted by atomic mass is 10.1. The van der Waals surface area contributed by atoms with Gasteiger partial charge in [0.25, 0.3) is 5.82 Å². The first kappa shape index (κ1) is 23.2. The molecule has 0 saturated heterocycles. The molecule has 0 spiro atoms. The monoisotopic (exact) mass is 363 g/mol. The number of hydrogen-bond acceptors (Lipinski definition) is 0. The maximum Gasteiger partial charge on any atom is 0.256 e. The highest BCUT2D eigenvalue weighted by molar-refractivity contribution is 4.83. The van der Waals surface area contributed by atoms with E-state index in [0.717, 1.165) is 6.42 Å². The van der Waals surface area contributed by atoms with E-state index in [1.54, 1.807) is 0 Å². The second kappa shape index (κ2) is 16.4. The van der Waals surface area contributed by atoms with E-state index in [1.807, 2.05) is 0 Å². The fraction of sp³-hybridized carbons (Fsp3) is 0.875. The zero-order valence-corrected chi connectivity index (χ0v) is 18.3. The van der Waals surface area contributed by atoms with Crippen LogP contribution in [0.5, 0.6) is 0 Å². The summed E-state index contributed by atoms with van der Waals surface area (Å²) < 4.78 is 5.01. The standard InChI is InChI=1S/C24H47N2/c1-4-7-9-11-12-13-14-15-17-19-21-26-23-22-25(24(26)6-3)20-18-16-10-8-5-2/h22-23H,4-21H2,1-3H3/q+1. The minimum atomic E-state index is 1.15. The van der Waals surface area contributed by atoms with Gasteiger partial charge in [-0.25, -0.2) is 9.13 Å². The van der Waals surface area contributed by atoms with E-state index in [2.05, 4.69) is 42.3 Å². The van der Waals surface area contributed by atoms with Crippen LogP contribution < -0.4 is 4.57 Å². The molecule has 0 amide bonds. The summed E-state index contributed by atoms with van der Waals surface area (Å²) in [6.45, 7) is 9.31. The van der Waals surface area contributed by atoms with Crippen molar-refractivity contribution in [3.63, 3.8) is 0 Å². The molecule has 0 saturated carbocycles. The lowest BCUT2D eigenvalue weighted by molar-refractivity contribution is -0.704. The Bertz CT molecular complexity index is 422. The molecular weight excluding hydrogens is 316 g/mol. The van der Waals surface area contributed by atoms with E-state index in [-0.39, 0.29) is 0 Å². The molecule has 0 aliphatic carbocycles. The van der Waals surface area contributed by atoms with Crippen molar-refractivity contribution in [2.75, 3.05) is 0 Å². The first-order valence-electron chi connectivity index (χ1n) is 11.9. The van der Waals surface area contributed by atoms with Crippen LogP contribution in [0.25, 0.3) is 0 Å². The lowest BCUT2D eigenvalue weighted by Crippen LogP contribution is -2.37.